The van der Waals surface area contributed by atoms with E-state index < -0.39 is 0 Å². The Morgan fingerprint density at radius 3 is 2.65 bits per heavy atom. The number of aromatic nitrogens is 2. The van der Waals surface area contributed by atoms with Gasteiger partial charge in [0.1, 0.15) is 5.82 Å². The Bertz CT molecular complexity index is 653. The maximum Gasteiger partial charge on any atom is 0.201 e. The van der Waals surface area contributed by atoms with Crippen molar-refractivity contribution in [2.24, 2.45) is 5.41 Å². The van der Waals surface area contributed by atoms with E-state index in [2.05, 4.69) is 34.8 Å². The van der Waals surface area contributed by atoms with Gasteiger partial charge in [-0.15, -0.1) is 0 Å². The van der Waals surface area contributed by atoms with Gasteiger partial charge >= 0.3 is 0 Å². The van der Waals surface area contributed by atoms with Crippen LogP contribution < -0.4 is 5.73 Å². The van der Waals surface area contributed by atoms with Gasteiger partial charge in [0.05, 0.1) is 15.5 Å². The van der Waals surface area contributed by atoms with Crippen LogP contribution in [0.4, 0.5) is 10.3 Å². The fraction of sp³-hybridized carbons (Fsp3) is 0.533. The van der Waals surface area contributed by atoms with Crippen molar-refractivity contribution in [3.63, 3.8) is 0 Å². The van der Waals surface area contributed by atoms with Crippen molar-refractivity contribution >= 4 is 32.9 Å². The second-order valence-electron chi connectivity index (χ2n) is 6.49. The molecule has 108 valence electrons. The number of rotatable bonds is 1. The molecule has 1 heterocycles. The Morgan fingerprint density at radius 2 is 2.00 bits per heavy atom. The molecule has 0 unspecified atom stereocenters. The number of nitrogen functional groups attached to an aromatic ring is 1. The molecule has 0 saturated heterocycles. The molecule has 0 spiro atoms. The van der Waals surface area contributed by atoms with E-state index in [4.69, 9.17) is 5.73 Å². The number of nitrogens with zero attached hydrogens (tertiary/aromatic N) is 2. The van der Waals surface area contributed by atoms with Crippen molar-refractivity contribution in [3.05, 3.63) is 22.4 Å². The number of nitrogens with two attached hydrogens (primary N) is 1. The van der Waals surface area contributed by atoms with Crippen LogP contribution in [0.25, 0.3) is 11.0 Å². The lowest BCUT2D eigenvalue weighted by molar-refractivity contribution is 0.197. The summed E-state index contributed by atoms with van der Waals surface area (Å²) in [7, 11) is 0. The zero-order valence-electron chi connectivity index (χ0n) is 11.8. The van der Waals surface area contributed by atoms with E-state index in [1.165, 1.54) is 6.07 Å². The molecule has 20 heavy (non-hydrogen) atoms. The maximum absolute atomic E-state index is 13.8. The average Bonchev–Trinajstić information content (AvgIpc) is 2.66. The van der Waals surface area contributed by atoms with Gasteiger partial charge in [0.15, 0.2) is 0 Å². The van der Waals surface area contributed by atoms with E-state index in [0.29, 0.717) is 21.9 Å². The number of fused-ring (bicyclic) bond motifs is 1. The SMILES string of the molecule is CC1(C)CCC(n2c(N)nc3cc(Br)c(F)cc32)CC1. The highest BCUT2D eigenvalue weighted by Crippen LogP contribution is 2.42. The Kier molecular flexibility index (Phi) is 3.27. The lowest BCUT2D eigenvalue weighted by Crippen LogP contribution is -2.24. The Labute approximate surface area is 126 Å². The molecule has 2 aromatic rings. The molecule has 1 aliphatic rings. The van der Waals surface area contributed by atoms with Gasteiger partial charge in [-0.25, -0.2) is 9.37 Å². The highest BCUT2D eigenvalue weighted by atomic mass is 79.9. The summed E-state index contributed by atoms with van der Waals surface area (Å²) in [6, 6.07) is 3.56. The van der Waals surface area contributed by atoms with Crippen LogP contribution in [0, 0.1) is 11.2 Å². The van der Waals surface area contributed by atoms with Gasteiger partial charge in [0.25, 0.3) is 0 Å². The van der Waals surface area contributed by atoms with Crippen LogP contribution in [0.3, 0.4) is 0 Å². The minimum Gasteiger partial charge on any atom is -0.369 e. The molecule has 0 atom stereocenters. The van der Waals surface area contributed by atoms with E-state index in [1.807, 2.05) is 4.57 Å². The van der Waals surface area contributed by atoms with Gasteiger partial charge in [-0.1, -0.05) is 13.8 Å². The van der Waals surface area contributed by atoms with Crippen LogP contribution in [0.2, 0.25) is 0 Å². The first-order chi connectivity index (χ1) is 9.37. The molecule has 3 nitrogen and oxygen atoms in total. The Hall–Kier alpha value is -1.10. The van der Waals surface area contributed by atoms with E-state index in [-0.39, 0.29) is 5.82 Å². The van der Waals surface area contributed by atoms with Gasteiger partial charge in [0.2, 0.25) is 5.95 Å². The van der Waals surface area contributed by atoms with Crippen molar-refractivity contribution < 1.29 is 4.39 Å². The average molecular weight is 340 g/mol. The molecule has 1 saturated carbocycles. The molecule has 1 aliphatic carbocycles. The normalized spacial score (nSPS) is 19.6. The molecular weight excluding hydrogens is 321 g/mol. The van der Waals surface area contributed by atoms with E-state index in [1.54, 1.807) is 6.07 Å². The third-order valence-corrected chi connectivity index (χ3v) is 5.04. The Balaban J connectivity index is 2.03. The third kappa shape index (κ3) is 2.32. The maximum atomic E-state index is 13.8. The smallest absolute Gasteiger partial charge is 0.201 e. The molecule has 2 N–H and O–H groups in total. The fourth-order valence-corrected chi connectivity index (χ4v) is 3.47. The molecule has 0 amide bonds. The van der Waals surface area contributed by atoms with Gasteiger partial charge in [-0.05, 0) is 53.1 Å². The largest absolute Gasteiger partial charge is 0.369 e. The van der Waals surface area contributed by atoms with Crippen molar-refractivity contribution in [2.45, 2.75) is 45.6 Å². The van der Waals surface area contributed by atoms with E-state index in [9.17, 15) is 4.39 Å². The second-order valence-corrected chi connectivity index (χ2v) is 7.34. The van der Waals surface area contributed by atoms with E-state index >= 15 is 0 Å². The highest BCUT2D eigenvalue weighted by Gasteiger charge is 2.29. The lowest BCUT2D eigenvalue weighted by Gasteiger charge is -2.35. The van der Waals surface area contributed by atoms with Crippen LogP contribution in [0.1, 0.15) is 45.6 Å². The minimum atomic E-state index is -0.269. The molecule has 0 aliphatic heterocycles. The number of anilines is 1. The quantitative estimate of drug-likeness (QED) is 0.820. The van der Waals surface area contributed by atoms with Crippen LogP contribution in [-0.2, 0) is 0 Å². The van der Waals surface area contributed by atoms with E-state index in [0.717, 1.165) is 36.7 Å². The molecule has 0 bridgehead atoms. The van der Waals surface area contributed by atoms with Gasteiger partial charge < -0.3 is 10.3 Å². The number of halogens is 2. The van der Waals surface area contributed by atoms with Crippen LogP contribution in [0.5, 0.6) is 0 Å². The molecule has 1 aromatic heterocycles. The monoisotopic (exact) mass is 339 g/mol. The summed E-state index contributed by atoms with van der Waals surface area (Å²) in [4.78, 5) is 4.37. The first-order valence-electron chi connectivity index (χ1n) is 7.00. The van der Waals surface area contributed by atoms with Gasteiger partial charge in [-0.3, -0.25) is 0 Å². The van der Waals surface area contributed by atoms with Crippen molar-refractivity contribution in [1.82, 2.24) is 9.55 Å². The molecule has 1 fully saturated rings. The number of hydrogen-bond acceptors (Lipinski definition) is 2. The minimum absolute atomic E-state index is 0.269. The molecule has 5 heteroatoms. The predicted molar refractivity (Wildman–Crippen MR) is 83.1 cm³/mol. The zero-order valence-corrected chi connectivity index (χ0v) is 13.4. The first-order valence-corrected chi connectivity index (χ1v) is 7.79. The second kappa shape index (κ2) is 4.72. The number of hydrogen-bond donors (Lipinski definition) is 1. The first kappa shape index (κ1) is 13.9. The summed E-state index contributed by atoms with van der Waals surface area (Å²) in [5.74, 6) is 0.219. The summed E-state index contributed by atoms with van der Waals surface area (Å²) in [6.07, 6.45) is 4.46. The summed E-state index contributed by atoms with van der Waals surface area (Å²) in [6.45, 7) is 4.60. The van der Waals surface area contributed by atoms with Crippen LogP contribution >= 0.6 is 15.9 Å². The zero-order chi connectivity index (χ0) is 14.5. The van der Waals surface area contributed by atoms with Crippen molar-refractivity contribution in [3.8, 4) is 0 Å². The molecular formula is C15H19BrFN3. The topological polar surface area (TPSA) is 43.8 Å². The molecule has 3 rings (SSSR count). The third-order valence-electron chi connectivity index (χ3n) is 4.43. The van der Waals surface area contributed by atoms with Crippen LogP contribution in [0.15, 0.2) is 16.6 Å². The summed E-state index contributed by atoms with van der Waals surface area (Å²) in [5.41, 5.74) is 8.01. The van der Waals surface area contributed by atoms with Crippen molar-refractivity contribution in [2.75, 3.05) is 5.73 Å². The van der Waals surface area contributed by atoms with Crippen LogP contribution in [-0.4, -0.2) is 9.55 Å². The summed E-state index contributed by atoms with van der Waals surface area (Å²) >= 11 is 3.20. The van der Waals surface area contributed by atoms with Crippen molar-refractivity contribution in [1.29, 1.82) is 0 Å². The summed E-state index contributed by atoms with van der Waals surface area (Å²) < 4.78 is 16.2. The van der Waals surface area contributed by atoms with Gasteiger partial charge in [0, 0.05) is 12.1 Å². The summed E-state index contributed by atoms with van der Waals surface area (Å²) in [5, 5.41) is 0. The number of imidazole rings is 1. The number of benzene rings is 1. The standard InChI is InChI=1S/C15H19BrFN3/c1-15(2)5-3-9(4-6-15)20-13-8-11(17)10(16)7-12(13)19-14(20)18/h7-9H,3-6H2,1-2H3,(H2,18,19). The Morgan fingerprint density at radius 1 is 1.35 bits per heavy atom. The fourth-order valence-electron chi connectivity index (χ4n) is 3.14. The highest BCUT2D eigenvalue weighted by molar-refractivity contribution is 9.10. The molecule has 0 radical (unpaired) electrons. The lowest BCUT2D eigenvalue weighted by atomic mass is 9.75. The molecule has 1 aromatic carbocycles. The predicted octanol–water partition coefficient (Wildman–Crippen LogP) is 4.66. The van der Waals surface area contributed by atoms with Gasteiger partial charge in [-0.2, -0.15) is 0 Å².